The van der Waals surface area contributed by atoms with Gasteiger partial charge in [-0.2, -0.15) is 0 Å². The molecule has 0 aliphatic heterocycles. The van der Waals surface area contributed by atoms with Gasteiger partial charge in [0, 0.05) is 6.20 Å². The third kappa shape index (κ3) is 3.06. The van der Waals surface area contributed by atoms with Crippen LogP contribution in [-0.2, 0) is 0 Å². The molecule has 3 N–H and O–H groups in total. The van der Waals surface area contributed by atoms with Gasteiger partial charge in [0.15, 0.2) is 0 Å². The molecule has 0 aromatic carbocycles. The Morgan fingerprint density at radius 3 is 2.89 bits per heavy atom. The fraction of sp³-hybridized carbons (Fsp3) is 0.231. The summed E-state index contributed by atoms with van der Waals surface area (Å²) < 4.78 is 5.45. The van der Waals surface area contributed by atoms with Gasteiger partial charge in [0.1, 0.15) is 17.3 Å². The van der Waals surface area contributed by atoms with Crippen molar-refractivity contribution in [1.29, 1.82) is 0 Å². The summed E-state index contributed by atoms with van der Waals surface area (Å²) in [7, 11) is 0. The normalized spacial score (nSPS) is 12.2. The molecule has 0 bridgehead atoms. The number of rotatable bonds is 3. The van der Waals surface area contributed by atoms with Crippen LogP contribution in [0.4, 0.5) is 5.82 Å². The van der Waals surface area contributed by atoms with Gasteiger partial charge in [0.25, 0.3) is 5.91 Å². The average Bonchev–Trinajstić information content (AvgIpc) is 2.79. The van der Waals surface area contributed by atoms with E-state index in [-0.39, 0.29) is 22.8 Å². The van der Waals surface area contributed by atoms with E-state index < -0.39 is 0 Å². The lowest BCUT2D eigenvalue weighted by molar-refractivity contribution is 0.0935. The molecule has 2 aromatic rings. The highest BCUT2D eigenvalue weighted by Gasteiger charge is 2.16. The van der Waals surface area contributed by atoms with Gasteiger partial charge < -0.3 is 15.5 Å². The van der Waals surface area contributed by atoms with Crippen molar-refractivity contribution in [2.45, 2.75) is 19.9 Å². The fourth-order valence-electron chi connectivity index (χ4n) is 1.66. The molecule has 2 aromatic heterocycles. The molecule has 0 aliphatic carbocycles. The maximum Gasteiger partial charge on any atom is 0.253 e. The molecule has 19 heavy (non-hydrogen) atoms. The zero-order chi connectivity index (χ0) is 14.0. The summed E-state index contributed by atoms with van der Waals surface area (Å²) in [4.78, 5) is 15.9. The lowest BCUT2D eigenvalue weighted by Crippen LogP contribution is -2.26. The van der Waals surface area contributed by atoms with Gasteiger partial charge in [-0.25, -0.2) is 4.98 Å². The fourth-order valence-corrected chi connectivity index (χ4v) is 1.85. The quantitative estimate of drug-likeness (QED) is 0.905. The number of nitrogens with one attached hydrogen (secondary N) is 1. The lowest BCUT2D eigenvalue weighted by atomic mass is 10.2. The number of aryl methyl sites for hydroxylation is 1. The molecule has 1 amide bonds. The third-order valence-electron chi connectivity index (χ3n) is 2.66. The van der Waals surface area contributed by atoms with E-state index in [4.69, 9.17) is 21.8 Å². The molecule has 0 saturated carbocycles. The highest BCUT2D eigenvalue weighted by molar-refractivity contribution is 6.33. The molecule has 0 radical (unpaired) electrons. The van der Waals surface area contributed by atoms with E-state index in [9.17, 15) is 4.79 Å². The van der Waals surface area contributed by atoms with E-state index in [0.717, 1.165) is 5.76 Å². The Morgan fingerprint density at radius 2 is 2.26 bits per heavy atom. The molecule has 1 unspecified atom stereocenters. The zero-order valence-electron chi connectivity index (χ0n) is 10.6. The molecule has 6 heteroatoms. The molecule has 2 heterocycles. The summed E-state index contributed by atoms with van der Waals surface area (Å²) in [5, 5.41) is 3.05. The number of hydrogen-bond donors (Lipinski definition) is 2. The first kappa shape index (κ1) is 13.4. The second kappa shape index (κ2) is 5.32. The van der Waals surface area contributed by atoms with Crippen LogP contribution < -0.4 is 11.1 Å². The van der Waals surface area contributed by atoms with Crippen molar-refractivity contribution in [1.82, 2.24) is 10.3 Å². The summed E-state index contributed by atoms with van der Waals surface area (Å²) in [5.74, 6) is 1.41. The Balaban J connectivity index is 2.15. The van der Waals surface area contributed by atoms with Crippen LogP contribution in [0.15, 0.2) is 28.8 Å². The SMILES string of the molecule is Cc1ccc(C(C)NC(=O)c2cc(N)ncc2Cl)o1. The van der Waals surface area contributed by atoms with E-state index in [0.29, 0.717) is 11.3 Å². The van der Waals surface area contributed by atoms with E-state index in [1.807, 2.05) is 26.0 Å². The van der Waals surface area contributed by atoms with Crippen LogP contribution in [-0.4, -0.2) is 10.9 Å². The van der Waals surface area contributed by atoms with Crippen molar-refractivity contribution >= 4 is 23.3 Å². The number of pyridine rings is 1. The number of carbonyl (C=O) groups is 1. The number of nitrogens with two attached hydrogens (primary N) is 1. The van der Waals surface area contributed by atoms with Gasteiger partial charge >= 0.3 is 0 Å². The first-order valence-corrected chi connectivity index (χ1v) is 6.13. The minimum Gasteiger partial charge on any atom is -0.464 e. The van der Waals surface area contributed by atoms with E-state index >= 15 is 0 Å². The molecule has 0 spiro atoms. The largest absolute Gasteiger partial charge is 0.464 e. The third-order valence-corrected chi connectivity index (χ3v) is 2.96. The Bertz CT molecular complexity index is 610. The van der Waals surface area contributed by atoms with Crippen molar-refractivity contribution in [2.75, 3.05) is 5.73 Å². The van der Waals surface area contributed by atoms with Gasteiger partial charge in [0.05, 0.1) is 16.6 Å². The van der Waals surface area contributed by atoms with Crippen LogP contribution in [0.1, 0.15) is 34.8 Å². The molecule has 5 nitrogen and oxygen atoms in total. The van der Waals surface area contributed by atoms with Crippen LogP contribution in [0.2, 0.25) is 5.02 Å². The van der Waals surface area contributed by atoms with Crippen LogP contribution in [0.5, 0.6) is 0 Å². The standard InChI is InChI=1S/C13H14ClN3O2/c1-7-3-4-11(19-7)8(2)17-13(18)9-5-12(15)16-6-10(9)14/h3-6,8H,1-2H3,(H2,15,16)(H,17,18). The summed E-state index contributed by atoms with van der Waals surface area (Å²) in [6.45, 7) is 3.67. The van der Waals surface area contributed by atoms with Crippen LogP contribution in [0.25, 0.3) is 0 Å². The number of anilines is 1. The van der Waals surface area contributed by atoms with Gasteiger partial charge in [-0.3, -0.25) is 4.79 Å². The first-order valence-electron chi connectivity index (χ1n) is 5.75. The number of carbonyl (C=O) groups excluding carboxylic acids is 1. The number of nitrogen functional groups attached to an aromatic ring is 1. The van der Waals surface area contributed by atoms with E-state index in [2.05, 4.69) is 10.3 Å². The minimum atomic E-state index is -0.319. The Kier molecular flexibility index (Phi) is 3.76. The predicted octanol–water partition coefficient (Wildman–Crippen LogP) is 2.71. The first-order chi connectivity index (χ1) is 8.97. The molecule has 2 rings (SSSR count). The molecule has 0 fully saturated rings. The van der Waals surface area contributed by atoms with E-state index in [1.165, 1.54) is 12.3 Å². The number of aromatic nitrogens is 1. The Morgan fingerprint density at radius 1 is 1.53 bits per heavy atom. The summed E-state index contributed by atoms with van der Waals surface area (Å²) in [5.41, 5.74) is 5.84. The van der Waals surface area contributed by atoms with Crippen LogP contribution >= 0.6 is 11.6 Å². The topological polar surface area (TPSA) is 81.2 Å². The molecule has 100 valence electrons. The summed E-state index contributed by atoms with van der Waals surface area (Å²) in [6, 6.07) is 4.85. The molecule has 0 aliphatic rings. The zero-order valence-corrected chi connectivity index (χ0v) is 11.4. The number of halogens is 1. The average molecular weight is 280 g/mol. The second-order valence-electron chi connectivity index (χ2n) is 4.23. The van der Waals surface area contributed by atoms with Crippen molar-refractivity contribution < 1.29 is 9.21 Å². The molecular weight excluding hydrogens is 266 g/mol. The van der Waals surface area contributed by atoms with Gasteiger partial charge in [-0.05, 0) is 32.0 Å². The molecule has 1 atom stereocenters. The highest BCUT2D eigenvalue weighted by atomic mass is 35.5. The Labute approximate surface area is 115 Å². The Hall–Kier alpha value is -2.01. The molecule has 0 saturated heterocycles. The molecular formula is C13H14ClN3O2. The lowest BCUT2D eigenvalue weighted by Gasteiger charge is -2.12. The van der Waals surface area contributed by atoms with Crippen molar-refractivity contribution in [3.05, 3.63) is 46.5 Å². The summed E-state index contributed by atoms with van der Waals surface area (Å²) >= 11 is 5.92. The highest BCUT2D eigenvalue weighted by Crippen LogP contribution is 2.19. The maximum atomic E-state index is 12.1. The van der Waals surface area contributed by atoms with Crippen molar-refractivity contribution in [2.24, 2.45) is 0 Å². The minimum absolute atomic E-state index is 0.246. The van der Waals surface area contributed by atoms with Crippen molar-refractivity contribution in [3.8, 4) is 0 Å². The number of nitrogens with zero attached hydrogens (tertiary/aromatic N) is 1. The monoisotopic (exact) mass is 279 g/mol. The van der Waals surface area contributed by atoms with Gasteiger partial charge in [0.2, 0.25) is 0 Å². The smallest absolute Gasteiger partial charge is 0.253 e. The number of furan rings is 1. The second-order valence-corrected chi connectivity index (χ2v) is 4.64. The van der Waals surface area contributed by atoms with Crippen molar-refractivity contribution in [3.63, 3.8) is 0 Å². The van der Waals surface area contributed by atoms with E-state index in [1.54, 1.807) is 0 Å². The van der Waals surface area contributed by atoms with Gasteiger partial charge in [-0.15, -0.1) is 0 Å². The van der Waals surface area contributed by atoms with Crippen LogP contribution in [0.3, 0.4) is 0 Å². The summed E-state index contributed by atoms with van der Waals surface area (Å²) in [6.07, 6.45) is 1.35. The van der Waals surface area contributed by atoms with Crippen LogP contribution in [0, 0.1) is 6.92 Å². The number of hydrogen-bond acceptors (Lipinski definition) is 4. The predicted molar refractivity (Wildman–Crippen MR) is 73.0 cm³/mol. The maximum absolute atomic E-state index is 12.1. The van der Waals surface area contributed by atoms with Gasteiger partial charge in [-0.1, -0.05) is 11.6 Å². The number of amides is 1.